The Labute approximate surface area is 178 Å². The van der Waals surface area contributed by atoms with E-state index in [-0.39, 0.29) is 23.0 Å². The third-order valence-electron chi connectivity index (χ3n) is 4.82. The lowest BCUT2D eigenvalue weighted by atomic mass is 10.0. The van der Waals surface area contributed by atoms with E-state index >= 15 is 0 Å². The van der Waals surface area contributed by atoms with E-state index in [1.165, 1.54) is 31.3 Å². The van der Waals surface area contributed by atoms with Gasteiger partial charge in [-0.3, -0.25) is 4.79 Å². The molecule has 1 aliphatic heterocycles. The van der Waals surface area contributed by atoms with E-state index in [0.29, 0.717) is 23.3 Å². The van der Waals surface area contributed by atoms with E-state index in [4.69, 9.17) is 21.1 Å². The highest BCUT2D eigenvalue weighted by Gasteiger charge is 2.39. The lowest BCUT2D eigenvalue weighted by Crippen LogP contribution is -2.46. The van der Waals surface area contributed by atoms with Crippen LogP contribution in [0.2, 0.25) is 0 Å². The fraction of sp³-hybridized carbons (Fsp3) is 0.381. The lowest BCUT2D eigenvalue weighted by Gasteiger charge is -2.27. The molecule has 0 saturated heterocycles. The van der Waals surface area contributed by atoms with E-state index in [2.05, 4.69) is 11.9 Å². The molecule has 1 atom stereocenters. The molecule has 1 N–H and O–H groups in total. The summed E-state index contributed by atoms with van der Waals surface area (Å²) in [5.41, 5.74) is 0.395. The number of hydrogen-bond acceptors (Lipinski definition) is 4. The van der Waals surface area contributed by atoms with Crippen molar-refractivity contribution in [3.63, 3.8) is 0 Å². The Kier molecular flexibility index (Phi) is 7.60. The molecule has 5 nitrogen and oxygen atoms in total. The molecule has 164 valence electrons. The SMILES string of the molecule is C=C(Cl)/C=C(/OC)C(=CC)C(NC)C(=O)N1CCc2cc(OC)c(C(F)(F)F)cc21. The maximum Gasteiger partial charge on any atom is 0.420 e. The molecule has 9 heteroatoms. The van der Waals surface area contributed by atoms with Crippen LogP contribution in [0.1, 0.15) is 18.1 Å². The summed E-state index contributed by atoms with van der Waals surface area (Å²) in [6.45, 7) is 5.57. The number of allylic oxidation sites excluding steroid dienone is 3. The van der Waals surface area contributed by atoms with Gasteiger partial charge in [0.2, 0.25) is 5.91 Å². The van der Waals surface area contributed by atoms with Crippen molar-refractivity contribution < 1.29 is 27.4 Å². The monoisotopic (exact) mass is 444 g/mol. The van der Waals surface area contributed by atoms with Gasteiger partial charge in [-0.15, -0.1) is 0 Å². The van der Waals surface area contributed by atoms with Crippen LogP contribution in [-0.2, 0) is 22.1 Å². The number of ether oxygens (including phenoxy) is 2. The number of fused-ring (bicyclic) bond motifs is 1. The minimum atomic E-state index is -4.61. The highest BCUT2D eigenvalue weighted by Crippen LogP contribution is 2.42. The van der Waals surface area contributed by atoms with Crippen LogP contribution in [-0.4, -0.2) is 39.8 Å². The number of methoxy groups -OCH3 is 2. The number of nitrogens with one attached hydrogen (secondary N) is 1. The van der Waals surface area contributed by atoms with Crippen LogP contribution in [0.3, 0.4) is 0 Å². The molecule has 0 saturated carbocycles. The molecule has 1 aromatic rings. The molecular weight excluding hydrogens is 421 g/mol. The van der Waals surface area contributed by atoms with Crippen LogP contribution in [0, 0.1) is 0 Å². The third-order valence-corrected chi connectivity index (χ3v) is 4.93. The van der Waals surface area contributed by atoms with E-state index < -0.39 is 23.7 Å². The van der Waals surface area contributed by atoms with Crippen molar-refractivity contribution in [3.8, 4) is 5.75 Å². The summed E-state index contributed by atoms with van der Waals surface area (Å²) in [6, 6.07) is 1.45. The standard InChI is InChI=1S/C21H24ClF3N2O3/c1-6-14(17(29-4)9-12(2)22)19(26-3)20(28)27-8-7-13-10-18(30-5)15(11-16(13)27)21(23,24)25/h6,9-11,19,26H,2,7-8H2,1,3-5H3/b14-6?,17-9+. The van der Waals surface area contributed by atoms with Crippen LogP contribution in [0.15, 0.2) is 47.2 Å². The first-order chi connectivity index (χ1) is 14.1. The first-order valence-corrected chi connectivity index (χ1v) is 9.50. The number of amides is 1. The van der Waals surface area contributed by atoms with Gasteiger partial charge in [-0.25, -0.2) is 0 Å². The Bertz CT molecular complexity index is 894. The third kappa shape index (κ3) is 4.82. The second-order valence-corrected chi connectivity index (χ2v) is 7.03. The average molecular weight is 445 g/mol. The Morgan fingerprint density at radius 2 is 2.03 bits per heavy atom. The number of benzene rings is 1. The fourth-order valence-electron chi connectivity index (χ4n) is 3.46. The van der Waals surface area contributed by atoms with Crippen molar-refractivity contribution in [2.24, 2.45) is 0 Å². The molecule has 0 aromatic heterocycles. The Morgan fingerprint density at radius 3 is 2.50 bits per heavy atom. The van der Waals surface area contributed by atoms with Gasteiger partial charge in [0, 0.05) is 22.8 Å². The molecule has 1 heterocycles. The van der Waals surface area contributed by atoms with Gasteiger partial charge < -0.3 is 19.7 Å². The second kappa shape index (κ2) is 9.57. The summed E-state index contributed by atoms with van der Waals surface area (Å²) < 4.78 is 50.6. The number of carbonyl (C=O) groups excluding carboxylic acids is 1. The van der Waals surface area contributed by atoms with Crippen molar-refractivity contribution in [3.05, 3.63) is 58.4 Å². The number of hydrogen-bond donors (Lipinski definition) is 1. The number of alkyl halides is 3. The average Bonchev–Trinajstić information content (AvgIpc) is 3.11. The van der Waals surface area contributed by atoms with E-state index in [1.54, 1.807) is 20.0 Å². The molecule has 0 bridgehead atoms. The Balaban J connectivity index is 2.49. The zero-order valence-electron chi connectivity index (χ0n) is 17.2. The van der Waals surface area contributed by atoms with Gasteiger partial charge in [0.05, 0.1) is 19.8 Å². The number of rotatable bonds is 7. The van der Waals surface area contributed by atoms with Crippen molar-refractivity contribution in [1.29, 1.82) is 0 Å². The lowest BCUT2D eigenvalue weighted by molar-refractivity contribution is -0.138. The Hall–Kier alpha value is -2.45. The van der Waals surface area contributed by atoms with Crippen molar-refractivity contribution >= 4 is 23.2 Å². The summed E-state index contributed by atoms with van der Waals surface area (Å²) in [6.07, 6.45) is -1.04. The minimum Gasteiger partial charge on any atom is -0.496 e. The van der Waals surface area contributed by atoms with Crippen LogP contribution < -0.4 is 15.0 Å². The van der Waals surface area contributed by atoms with Gasteiger partial charge >= 0.3 is 6.18 Å². The predicted octanol–water partition coefficient (Wildman–Crippen LogP) is 4.42. The highest BCUT2D eigenvalue weighted by atomic mass is 35.5. The van der Waals surface area contributed by atoms with Gasteiger partial charge in [0.15, 0.2) is 0 Å². The van der Waals surface area contributed by atoms with E-state index in [1.807, 2.05) is 0 Å². The zero-order chi connectivity index (χ0) is 22.6. The summed E-state index contributed by atoms with van der Waals surface area (Å²) in [5.74, 6) is -0.346. The normalized spacial score (nSPS) is 15.7. The maximum absolute atomic E-state index is 13.5. The van der Waals surface area contributed by atoms with Crippen molar-refractivity contribution in [2.75, 3.05) is 32.7 Å². The molecule has 1 aromatic carbocycles. The molecule has 0 aliphatic carbocycles. The Morgan fingerprint density at radius 1 is 1.37 bits per heavy atom. The number of likely N-dealkylation sites (N-methyl/N-ethyl adjacent to an activating group) is 1. The van der Waals surface area contributed by atoms with E-state index in [9.17, 15) is 18.0 Å². The van der Waals surface area contributed by atoms with Crippen LogP contribution in [0.25, 0.3) is 0 Å². The molecule has 1 unspecified atom stereocenters. The molecule has 0 spiro atoms. The molecule has 30 heavy (non-hydrogen) atoms. The summed E-state index contributed by atoms with van der Waals surface area (Å²) in [5, 5.41) is 3.13. The summed E-state index contributed by atoms with van der Waals surface area (Å²) >= 11 is 5.85. The van der Waals surface area contributed by atoms with Crippen molar-refractivity contribution in [1.82, 2.24) is 5.32 Å². The number of halogens is 4. The number of nitrogens with zero attached hydrogens (tertiary/aromatic N) is 1. The van der Waals surface area contributed by atoms with Gasteiger partial charge in [-0.2, -0.15) is 13.2 Å². The van der Waals surface area contributed by atoms with Crippen LogP contribution >= 0.6 is 11.6 Å². The number of carbonyl (C=O) groups is 1. The maximum atomic E-state index is 13.5. The molecule has 1 aliphatic rings. The summed E-state index contributed by atoms with van der Waals surface area (Å²) in [4.78, 5) is 14.7. The smallest absolute Gasteiger partial charge is 0.420 e. The number of anilines is 1. The second-order valence-electron chi connectivity index (χ2n) is 6.54. The first-order valence-electron chi connectivity index (χ1n) is 9.12. The van der Waals surface area contributed by atoms with Gasteiger partial charge in [-0.1, -0.05) is 24.3 Å². The molecule has 0 radical (unpaired) electrons. The fourth-order valence-corrected chi connectivity index (χ4v) is 3.55. The quantitative estimate of drug-likeness (QED) is 0.499. The van der Waals surface area contributed by atoms with Crippen LogP contribution in [0.5, 0.6) is 5.75 Å². The topological polar surface area (TPSA) is 50.8 Å². The molecule has 1 amide bonds. The molecule has 0 fully saturated rings. The highest BCUT2D eigenvalue weighted by molar-refractivity contribution is 6.30. The largest absolute Gasteiger partial charge is 0.496 e. The first kappa shape index (κ1) is 23.8. The van der Waals surface area contributed by atoms with Crippen molar-refractivity contribution in [2.45, 2.75) is 25.6 Å². The molecular formula is C21H24ClF3N2O3. The van der Waals surface area contributed by atoms with Gasteiger partial charge in [0.1, 0.15) is 17.6 Å². The van der Waals surface area contributed by atoms with E-state index in [0.717, 1.165) is 6.07 Å². The van der Waals surface area contributed by atoms with Crippen LogP contribution in [0.4, 0.5) is 18.9 Å². The molecule has 2 rings (SSSR count). The predicted molar refractivity (Wildman–Crippen MR) is 111 cm³/mol. The zero-order valence-corrected chi connectivity index (χ0v) is 17.9. The van der Waals surface area contributed by atoms with Gasteiger partial charge in [-0.05, 0) is 44.2 Å². The summed E-state index contributed by atoms with van der Waals surface area (Å²) in [7, 11) is 4.20. The minimum absolute atomic E-state index is 0.210. The van der Waals surface area contributed by atoms with Gasteiger partial charge in [0.25, 0.3) is 0 Å².